The van der Waals surface area contributed by atoms with E-state index in [1.165, 1.54) is 52.0 Å². The van der Waals surface area contributed by atoms with Gasteiger partial charge >= 0.3 is 0 Å². The molecule has 0 N–H and O–H groups in total. The number of rotatable bonds is 11. The summed E-state index contributed by atoms with van der Waals surface area (Å²) in [7, 11) is -3.65. The Balaban J connectivity index is 0.000000245. The van der Waals surface area contributed by atoms with Gasteiger partial charge < -0.3 is 9.29 Å². The van der Waals surface area contributed by atoms with Crippen LogP contribution < -0.4 is 0 Å². The monoisotopic (exact) mass is 514 g/mol. The molecule has 1 fully saturated rings. The third kappa shape index (κ3) is 9.96. The molecule has 6 heteroatoms. The molecule has 1 aliphatic heterocycles. The second-order valence-electron chi connectivity index (χ2n) is 9.08. The first-order valence-electron chi connectivity index (χ1n) is 12.7. The zero-order valence-electron chi connectivity index (χ0n) is 20.7. The van der Waals surface area contributed by atoms with Crippen LogP contribution in [0.2, 0.25) is 0 Å². The van der Waals surface area contributed by atoms with Gasteiger partial charge in [0.25, 0.3) is 0 Å². The molecule has 3 aromatic rings. The van der Waals surface area contributed by atoms with Crippen LogP contribution in [0.25, 0.3) is 10.8 Å². The Labute approximate surface area is 214 Å². The summed E-state index contributed by atoms with van der Waals surface area (Å²) < 4.78 is 36.7. The summed E-state index contributed by atoms with van der Waals surface area (Å²) in [4.78, 5) is 1.52. The largest absolute Gasteiger partial charge is 0.748 e. The first-order valence-corrected chi connectivity index (χ1v) is 15.8. The highest BCUT2D eigenvalue weighted by Crippen LogP contribution is 2.31. The fraction of sp³-hybridized carbons (Fsp3) is 0.448. The molecule has 0 amide bonds. The maximum Gasteiger partial charge on any atom is 0.162 e. The van der Waals surface area contributed by atoms with E-state index in [9.17, 15) is 13.0 Å². The predicted octanol–water partition coefficient (Wildman–Crippen LogP) is 6.70. The average Bonchev–Trinajstić information content (AvgIpc) is 3.34. The molecule has 1 aliphatic rings. The molecule has 4 rings (SSSR count). The lowest BCUT2D eigenvalue weighted by Gasteiger charge is -2.09. The minimum absolute atomic E-state index is 0.195. The number of unbranched alkanes of at least 4 members (excludes halogenated alkanes) is 5. The Morgan fingerprint density at radius 1 is 0.886 bits per heavy atom. The van der Waals surface area contributed by atoms with Crippen molar-refractivity contribution >= 4 is 31.8 Å². The zero-order valence-corrected chi connectivity index (χ0v) is 22.4. The molecular weight excluding hydrogens is 476 g/mol. The van der Waals surface area contributed by atoms with E-state index in [2.05, 4.69) is 79.7 Å². The maximum absolute atomic E-state index is 10.2. The summed E-state index contributed by atoms with van der Waals surface area (Å²) in [6.45, 7) is 2.86. The van der Waals surface area contributed by atoms with E-state index in [1.54, 1.807) is 0 Å². The average molecular weight is 515 g/mol. The van der Waals surface area contributed by atoms with Crippen molar-refractivity contribution in [2.24, 2.45) is 0 Å². The fourth-order valence-corrected chi connectivity index (χ4v) is 7.44. The highest BCUT2D eigenvalue weighted by atomic mass is 32.2. The van der Waals surface area contributed by atoms with Crippen molar-refractivity contribution in [3.8, 4) is 0 Å². The number of fused-ring (bicyclic) bond motifs is 1. The molecule has 0 saturated carbocycles. The van der Waals surface area contributed by atoms with Crippen molar-refractivity contribution < 1.29 is 17.7 Å². The van der Waals surface area contributed by atoms with Gasteiger partial charge in [-0.3, -0.25) is 0 Å². The summed E-state index contributed by atoms with van der Waals surface area (Å²) in [6, 6.07) is 25.9. The molecule has 0 radical (unpaired) electrons. The maximum atomic E-state index is 10.2. The molecule has 3 aromatic carbocycles. The van der Waals surface area contributed by atoms with Gasteiger partial charge in [-0.05, 0) is 29.5 Å². The summed E-state index contributed by atoms with van der Waals surface area (Å²) in [5, 5.41) is 2.77. The lowest BCUT2D eigenvalue weighted by molar-refractivity contribution is 0.0582. The van der Waals surface area contributed by atoms with Gasteiger partial charge in [-0.1, -0.05) is 99.7 Å². The standard InChI is InChI=1S/C21H21OS.C8H18O3S/c1-2-7-17(8-3-1)15-22-19-13-14-23(16-19)21-12-6-10-18-9-4-5-11-20(18)21;1-2-3-4-5-6-7-8-12(9,10)11/h1-12,19H,13-16H2;2-8H2,1H3,(H,9,10,11)/q+1;/p-1. The number of hydrogen-bond donors (Lipinski definition) is 0. The number of hydrogen-bond acceptors (Lipinski definition) is 4. The normalized spacial score (nSPS) is 17.8. The van der Waals surface area contributed by atoms with Crippen LogP contribution in [-0.4, -0.2) is 36.3 Å². The third-order valence-electron chi connectivity index (χ3n) is 6.21. The second kappa shape index (κ2) is 14.6. The molecule has 2 atom stereocenters. The molecule has 0 spiro atoms. The molecular formula is C29H38O4S2. The zero-order chi connectivity index (χ0) is 24.9. The summed E-state index contributed by atoms with van der Waals surface area (Å²) in [5.41, 5.74) is 1.27. The Bertz CT molecular complexity index is 1110. The van der Waals surface area contributed by atoms with Gasteiger partial charge in [-0.2, -0.15) is 0 Å². The van der Waals surface area contributed by atoms with Gasteiger partial charge in [0.2, 0.25) is 0 Å². The van der Waals surface area contributed by atoms with Crippen molar-refractivity contribution in [3.63, 3.8) is 0 Å². The van der Waals surface area contributed by atoms with Crippen LogP contribution in [0.1, 0.15) is 57.4 Å². The fourth-order valence-electron chi connectivity index (χ4n) is 4.29. The van der Waals surface area contributed by atoms with Gasteiger partial charge in [-0.25, -0.2) is 8.42 Å². The van der Waals surface area contributed by atoms with E-state index in [0.717, 1.165) is 25.9 Å². The van der Waals surface area contributed by atoms with E-state index in [-0.39, 0.29) is 5.75 Å². The van der Waals surface area contributed by atoms with Gasteiger partial charge in [0.05, 0.1) is 16.7 Å². The topological polar surface area (TPSA) is 66.4 Å². The highest BCUT2D eigenvalue weighted by Gasteiger charge is 2.36. The Hall–Kier alpha value is -1.86. The van der Waals surface area contributed by atoms with Crippen molar-refractivity contribution in [1.82, 2.24) is 0 Å². The van der Waals surface area contributed by atoms with Crippen LogP contribution >= 0.6 is 0 Å². The van der Waals surface area contributed by atoms with Gasteiger partial charge in [0, 0.05) is 28.5 Å². The highest BCUT2D eigenvalue weighted by molar-refractivity contribution is 7.97. The quantitative estimate of drug-likeness (QED) is 0.162. The van der Waals surface area contributed by atoms with E-state index in [4.69, 9.17) is 4.74 Å². The van der Waals surface area contributed by atoms with Crippen LogP contribution in [0.15, 0.2) is 77.7 Å². The predicted molar refractivity (Wildman–Crippen MR) is 147 cm³/mol. The second-order valence-corrected chi connectivity index (χ2v) is 12.8. The number of ether oxygens (including phenoxy) is 1. The Morgan fingerprint density at radius 2 is 1.57 bits per heavy atom. The molecule has 1 heterocycles. The summed E-state index contributed by atoms with van der Waals surface area (Å²) >= 11 is 0. The molecule has 4 nitrogen and oxygen atoms in total. The SMILES string of the molecule is CCCCCCCCS(=O)(=O)[O-].c1ccc(COC2CC[S+](c3cccc4ccccc34)C2)cc1. The van der Waals surface area contributed by atoms with Crippen LogP contribution in [-0.2, 0) is 32.4 Å². The number of benzene rings is 3. The minimum atomic E-state index is -3.97. The van der Waals surface area contributed by atoms with Crippen LogP contribution in [0, 0.1) is 0 Å². The van der Waals surface area contributed by atoms with E-state index < -0.39 is 10.1 Å². The van der Waals surface area contributed by atoms with Crippen molar-refractivity contribution in [2.45, 2.75) is 69.5 Å². The molecule has 190 valence electrons. The molecule has 0 aromatic heterocycles. The summed E-state index contributed by atoms with van der Waals surface area (Å²) in [6.07, 6.45) is 7.54. The smallest absolute Gasteiger partial charge is 0.162 e. The third-order valence-corrected chi connectivity index (χ3v) is 9.48. The van der Waals surface area contributed by atoms with Crippen molar-refractivity contribution in [1.29, 1.82) is 0 Å². The van der Waals surface area contributed by atoms with Crippen LogP contribution in [0.3, 0.4) is 0 Å². The summed E-state index contributed by atoms with van der Waals surface area (Å²) in [5.74, 6) is 2.23. The van der Waals surface area contributed by atoms with Crippen molar-refractivity contribution in [3.05, 3.63) is 78.4 Å². The van der Waals surface area contributed by atoms with Crippen LogP contribution in [0.5, 0.6) is 0 Å². The first kappa shape index (κ1) is 27.7. The molecule has 1 saturated heterocycles. The lowest BCUT2D eigenvalue weighted by atomic mass is 10.1. The first-order chi connectivity index (χ1) is 17.0. The Kier molecular flexibility index (Phi) is 11.6. The van der Waals surface area contributed by atoms with E-state index in [1.807, 2.05) is 0 Å². The molecule has 35 heavy (non-hydrogen) atoms. The van der Waals surface area contributed by atoms with Gasteiger partial charge in [0.15, 0.2) is 4.90 Å². The van der Waals surface area contributed by atoms with E-state index in [0.29, 0.717) is 23.4 Å². The molecule has 2 unspecified atom stereocenters. The van der Waals surface area contributed by atoms with Crippen molar-refractivity contribution in [2.75, 3.05) is 17.3 Å². The van der Waals surface area contributed by atoms with Gasteiger partial charge in [-0.15, -0.1) is 0 Å². The van der Waals surface area contributed by atoms with Gasteiger partial charge in [0.1, 0.15) is 17.6 Å². The van der Waals surface area contributed by atoms with Crippen LogP contribution in [0.4, 0.5) is 0 Å². The molecule has 0 aliphatic carbocycles. The Morgan fingerprint density at radius 3 is 2.34 bits per heavy atom. The minimum Gasteiger partial charge on any atom is -0.748 e. The van der Waals surface area contributed by atoms with E-state index >= 15 is 0 Å². The lowest BCUT2D eigenvalue weighted by Crippen LogP contribution is -2.15. The molecule has 0 bridgehead atoms.